The number of nitrogens with one attached hydrogen (secondary N) is 1. The van der Waals surface area contributed by atoms with Crippen molar-refractivity contribution in [2.75, 3.05) is 0 Å². The van der Waals surface area contributed by atoms with Crippen LogP contribution in [0.25, 0.3) is 0 Å². The molecule has 2 aromatic carbocycles. The van der Waals surface area contributed by atoms with Crippen molar-refractivity contribution in [3.63, 3.8) is 0 Å². The molecule has 1 atom stereocenters. The molecular formula is C19H20Cl2N4O3S. The molecule has 7 nitrogen and oxygen atoms in total. The summed E-state index contributed by atoms with van der Waals surface area (Å²) in [6, 6.07) is 11.3. The van der Waals surface area contributed by atoms with Crippen LogP contribution >= 0.6 is 23.2 Å². The minimum absolute atomic E-state index is 0.0118. The third-order valence-electron chi connectivity index (χ3n) is 4.28. The maximum absolute atomic E-state index is 12.7. The van der Waals surface area contributed by atoms with E-state index in [1.54, 1.807) is 11.5 Å². The summed E-state index contributed by atoms with van der Waals surface area (Å²) in [6.07, 6.45) is 0. The molecule has 0 saturated heterocycles. The molecule has 0 saturated carbocycles. The minimum atomic E-state index is -3.84. The van der Waals surface area contributed by atoms with Gasteiger partial charge in [-0.25, -0.2) is 13.1 Å². The fourth-order valence-corrected chi connectivity index (χ4v) is 4.35. The second kappa shape index (κ2) is 8.71. The quantitative estimate of drug-likeness (QED) is 0.556. The van der Waals surface area contributed by atoms with Crippen molar-refractivity contribution in [3.8, 4) is 11.8 Å². The number of halogens is 2. The van der Waals surface area contributed by atoms with Gasteiger partial charge in [-0.3, -0.25) is 4.57 Å². The van der Waals surface area contributed by atoms with Crippen LogP contribution in [0.1, 0.15) is 31.3 Å². The Kier molecular flexibility index (Phi) is 6.48. The highest BCUT2D eigenvalue weighted by Crippen LogP contribution is 2.28. The molecule has 1 aromatic heterocycles. The molecule has 0 spiro atoms. The SMILES string of the molecule is CCn1c(Oc2ccccc2C)nnc1[C@@H](C)NS(=O)(=O)c1ccc(Cl)c(Cl)c1. The van der Waals surface area contributed by atoms with Crippen LogP contribution in [0.4, 0.5) is 0 Å². The second-order valence-electron chi connectivity index (χ2n) is 6.37. The maximum Gasteiger partial charge on any atom is 0.322 e. The first kappa shape index (κ1) is 21.6. The average Bonchev–Trinajstić information content (AvgIpc) is 3.08. The monoisotopic (exact) mass is 454 g/mol. The van der Waals surface area contributed by atoms with E-state index in [1.807, 2.05) is 38.1 Å². The molecule has 0 bridgehead atoms. The molecule has 154 valence electrons. The predicted octanol–water partition coefficient (Wildman–Crippen LogP) is 4.75. The summed E-state index contributed by atoms with van der Waals surface area (Å²) in [5, 5.41) is 8.67. The van der Waals surface area contributed by atoms with Gasteiger partial charge in [-0.2, -0.15) is 0 Å². The van der Waals surface area contributed by atoms with Gasteiger partial charge >= 0.3 is 6.01 Å². The molecule has 0 aliphatic rings. The van der Waals surface area contributed by atoms with Crippen molar-refractivity contribution in [1.82, 2.24) is 19.5 Å². The number of rotatable bonds is 7. The van der Waals surface area contributed by atoms with Crippen LogP contribution in [0.3, 0.4) is 0 Å². The van der Waals surface area contributed by atoms with Crippen molar-refractivity contribution in [2.24, 2.45) is 0 Å². The number of aromatic nitrogens is 3. The van der Waals surface area contributed by atoms with Crippen LogP contribution in [-0.2, 0) is 16.6 Å². The van der Waals surface area contributed by atoms with Crippen LogP contribution in [0, 0.1) is 6.92 Å². The number of hydrogen-bond donors (Lipinski definition) is 1. The third-order valence-corrected chi connectivity index (χ3v) is 6.55. The van der Waals surface area contributed by atoms with E-state index in [4.69, 9.17) is 27.9 Å². The summed E-state index contributed by atoms with van der Waals surface area (Å²) < 4.78 is 35.6. The molecule has 1 N–H and O–H groups in total. The Hall–Kier alpha value is -2.13. The summed E-state index contributed by atoms with van der Waals surface area (Å²) in [7, 11) is -3.84. The van der Waals surface area contributed by atoms with Crippen LogP contribution in [0.15, 0.2) is 47.4 Å². The van der Waals surface area contributed by atoms with E-state index < -0.39 is 16.1 Å². The van der Waals surface area contributed by atoms with E-state index in [-0.39, 0.29) is 21.0 Å². The summed E-state index contributed by atoms with van der Waals surface area (Å²) in [4.78, 5) is 0.0118. The van der Waals surface area contributed by atoms with Crippen molar-refractivity contribution in [2.45, 2.75) is 38.3 Å². The van der Waals surface area contributed by atoms with Crippen molar-refractivity contribution < 1.29 is 13.2 Å². The second-order valence-corrected chi connectivity index (χ2v) is 8.90. The lowest BCUT2D eigenvalue weighted by Gasteiger charge is -2.16. The van der Waals surface area contributed by atoms with Crippen LogP contribution in [0.5, 0.6) is 11.8 Å². The van der Waals surface area contributed by atoms with Crippen LogP contribution < -0.4 is 9.46 Å². The molecule has 3 aromatic rings. The number of benzene rings is 2. The highest BCUT2D eigenvalue weighted by molar-refractivity contribution is 7.89. The van der Waals surface area contributed by atoms with Gasteiger partial charge < -0.3 is 4.74 Å². The minimum Gasteiger partial charge on any atom is -0.424 e. The van der Waals surface area contributed by atoms with Gasteiger partial charge in [-0.15, -0.1) is 5.10 Å². The van der Waals surface area contributed by atoms with E-state index in [1.165, 1.54) is 18.2 Å². The van der Waals surface area contributed by atoms with Crippen molar-refractivity contribution in [1.29, 1.82) is 0 Å². The number of ether oxygens (including phenoxy) is 1. The lowest BCUT2D eigenvalue weighted by molar-refractivity contribution is 0.405. The number of para-hydroxylation sites is 1. The number of sulfonamides is 1. The molecule has 0 fully saturated rings. The Morgan fingerprint density at radius 3 is 2.52 bits per heavy atom. The number of nitrogens with zero attached hydrogens (tertiary/aromatic N) is 3. The maximum atomic E-state index is 12.7. The number of hydrogen-bond acceptors (Lipinski definition) is 5. The van der Waals surface area contributed by atoms with Gasteiger partial charge in [0.15, 0.2) is 5.82 Å². The molecule has 0 radical (unpaired) electrons. The van der Waals surface area contributed by atoms with Crippen molar-refractivity contribution in [3.05, 3.63) is 63.9 Å². The molecule has 1 heterocycles. The molecular weight excluding hydrogens is 435 g/mol. The third kappa shape index (κ3) is 4.72. The first-order valence-electron chi connectivity index (χ1n) is 8.87. The van der Waals surface area contributed by atoms with Gasteiger partial charge in [0.1, 0.15) is 5.75 Å². The lowest BCUT2D eigenvalue weighted by Crippen LogP contribution is -2.29. The first-order valence-corrected chi connectivity index (χ1v) is 11.1. The lowest BCUT2D eigenvalue weighted by atomic mass is 10.2. The largest absolute Gasteiger partial charge is 0.424 e. The molecule has 0 aliphatic carbocycles. The Morgan fingerprint density at radius 1 is 1.14 bits per heavy atom. The zero-order valence-corrected chi connectivity index (χ0v) is 18.4. The van der Waals surface area contributed by atoms with Crippen LogP contribution in [0.2, 0.25) is 10.0 Å². The topological polar surface area (TPSA) is 86.1 Å². The molecule has 3 rings (SSSR count). The summed E-state index contributed by atoms with van der Waals surface area (Å²) in [6.45, 7) is 6.01. The zero-order valence-electron chi connectivity index (χ0n) is 16.1. The van der Waals surface area contributed by atoms with Gasteiger partial charge in [-0.05, 0) is 50.6 Å². The van der Waals surface area contributed by atoms with Gasteiger partial charge in [0, 0.05) is 6.54 Å². The van der Waals surface area contributed by atoms with E-state index in [0.29, 0.717) is 18.1 Å². The molecule has 0 amide bonds. The summed E-state index contributed by atoms with van der Waals surface area (Å²) >= 11 is 11.8. The molecule has 10 heteroatoms. The van der Waals surface area contributed by atoms with Crippen LogP contribution in [-0.4, -0.2) is 23.2 Å². The first-order chi connectivity index (χ1) is 13.7. The van der Waals surface area contributed by atoms with E-state index in [0.717, 1.165) is 5.56 Å². The smallest absolute Gasteiger partial charge is 0.322 e. The van der Waals surface area contributed by atoms with E-state index in [2.05, 4.69) is 14.9 Å². The zero-order chi connectivity index (χ0) is 21.2. The summed E-state index contributed by atoms with van der Waals surface area (Å²) in [5.74, 6) is 1.09. The van der Waals surface area contributed by atoms with Gasteiger partial charge in [0.2, 0.25) is 10.0 Å². The summed E-state index contributed by atoms with van der Waals surface area (Å²) in [5.41, 5.74) is 0.952. The number of aryl methyl sites for hydroxylation is 1. The van der Waals surface area contributed by atoms with Gasteiger partial charge in [-0.1, -0.05) is 46.5 Å². The van der Waals surface area contributed by atoms with E-state index in [9.17, 15) is 8.42 Å². The normalized spacial score (nSPS) is 12.7. The molecule has 0 unspecified atom stereocenters. The Morgan fingerprint density at radius 2 is 1.86 bits per heavy atom. The highest BCUT2D eigenvalue weighted by atomic mass is 35.5. The average molecular weight is 455 g/mol. The Balaban J connectivity index is 1.85. The fourth-order valence-electron chi connectivity index (χ4n) is 2.76. The Labute approximate surface area is 179 Å². The van der Waals surface area contributed by atoms with E-state index >= 15 is 0 Å². The fraction of sp³-hybridized carbons (Fsp3) is 0.263. The van der Waals surface area contributed by atoms with Gasteiger partial charge in [0.25, 0.3) is 0 Å². The molecule has 0 aliphatic heterocycles. The highest BCUT2D eigenvalue weighted by Gasteiger charge is 2.24. The molecule has 29 heavy (non-hydrogen) atoms. The van der Waals surface area contributed by atoms with Gasteiger partial charge in [0.05, 0.1) is 21.0 Å². The predicted molar refractivity (Wildman–Crippen MR) is 112 cm³/mol. The van der Waals surface area contributed by atoms with Crippen molar-refractivity contribution >= 4 is 33.2 Å². The standard InChI is InChI=1S/C19H20Cl2N4O3S/c1-4-25-18(22-23-19(25)28-17-8-6-5-7-12(17)2)13(3)24-29(26,27)14-9-10-15(20)16(21)11-14/h5-11,13,24H,4H2,1-3H3/t13-/m1/s1. The Bertz CT molecular complexity index is 1130.